The molecule has 6 heteroatoms. The van der Waals surface area contributed by atoms with Gasteiger partial charge >= 0.3 is 0 Å². The van der Waals surface area contributed by atoms with Crippen molar-refractivity contribution in [1.29, 1.82) is 0 Å². The van der Waals surface area contributed by atoms with Crippen molar-refractivity contribution >= 4 is 23.2 Å². The Bertz CT molecular complexity index is 919. The van der Waals surface area contributed by atoms with Crippen LogP contribution in [0.3, 0.4) is 0 Å². The van der Waals surface area contributed by atoms with Gasteiger partial charge in [0.05, 0.1) is 37.4 Å². The number of aromatic nitrogens is 1. The summed E-state index contributed by atoms with van der Waals surface area (Å²) in [4.78, 5) is 9.92. The fourth-order valence-corrected chi connectivity index (χ4v) is 3.69. The third kappa shape index (κ3) is 3.00. The predicted molar refractivity (Wildman–Crippen MR) is 98.4 cm³/mol. The molecule has 2 heterocycles. The molecule has 3 aromatic rings. The van der Waals surface area contributed by atoms with Crippen LogP contribution in [-0.4, -0.2) is 30.7 Å². The summed E-state index contributed by atoms with van der Waals surface area (Å²) in [6, 6.07) is 12.0. The maximum absolute atomic E-state index is 5.52. The fraction of sp³-hybridized carbons (Fsp3) is 0.158. The fourth-order valence-electron chi connectivity index (χ4n) is 2.72. The summed E-state index contributed by atoms with van der Waals surface area (Å²) in [7, 11) is 3.31. The maximum atomic E-state index is 5.52. The van der Waals surface area contributed by atoms with E-state index in [1.165, 1.54) is 6.39 Å². The van der Waals surface area contributed by atoms with Gasteiger partial charge in [-0.25, -0.2) is 4.98 Å². The molecule has 2 aromatic carbocycles. The Morgan fingerprint density at radius 1 is 1.08 bits per heavy atom. The summed E-state index contributed by atoms with van der Waals surface area (Å²) in [5.41, 5.74) is 3.92. The van der Waals surface area contributed by atoms with E-state index >= 15 is 0 Å². The van der Waals surface area contributed by atoms with Crippen LogP contribution in [0, 0.1) is 0 Å². The number of nitrogens with zero attached hydrogens (tertiary/aromatic N) is 2. The molecule has 0 saturated carbocycles. The van der Waals surface area contributed by atoms with Crippen LogP contribution in [0.2, 0.25) is 0 Å². The van der Waals surface area contributed by atoms with Crippen LogP contribution in [0.15, 0.2) is 63.3 Å². The molecular formula is C19H16N2O3S. The molecule has 4 rings (SSSR count). The number of fused-ring (bicyclic) bond motifs is 1. The lowest BCUT2D eigenvalue weighted by molar-refractivity contribution is 0.414. The van der Waals surface area contributed by atoms with Gasteiger partial charge in [-0.1, -0.05) is 0 Å². The van der Waals surface area contributed by atoms with Gasteiger partial charge in [0.25, 0.3) is 0 Å². The molecule has 0 spiro atoms. The summed E-state index contributed by atoms with van der Waals surface area (Å²) in [6.45, 7) is 0. The van der Waals surface area contributed by atoms with Gasteiger partial charge in [-0.05, 0) is 35.9 Å². The molecular weight excluding hydrogens is 336 g/mol. The molecule has 126 valence electrons. The first-order chi connectivity index (χ1) is 12.3. The van der Waals surface area contributed by atoms with Crippen molar-refractivity contribution in [3.63, 3.8) is 0 Å². The molecule has 0 N–H and O–H groups in total. The summed E-state index contributed by atoms with van der Waals surface area (Å²) >= 11 is 1.75. The monoisotopic (exact) mass is 352 g/mol. The molecule has 0 aliphatic carbocycles. The third-order valence-electron chi connectivity index (χ3n) is 4.02. The van der Waals surface area contributed by atoms with Crippen molar-refractivity contribution < 1.29 is 13.9 Å². The van der Waals surface area contributed by atoms with Crippen molar-refractivity contribution in [3.05, 3.63) is 54.6 Å². The van der Waals surface area contributed by atoms with Crippen LogP contribution in [-0.2, 0) is 0 Å². The number of hydrogen-bond acceptors (Lipinski definition) is 6. The second kappa shape index (κ2) is 6.64. The molecule has 0 atom stereocenters. The minimum atomic E-state index is 0.685. The number of aliphatic imine (C=N–C) groups is 1. The van der Waals surface area contributed by atoms with Crippen LogP contribution < -0.4 is 9.47 Å². The second-order valence-corrected chi connectivity index (χ2v) is 6.48. The van der Waals surface area contributed by atoms with E-state index in [9.17, 15) is 0 Å². The number of hydrogen-bond donors (Lipinski definition) is 0. The minimum Gasteiger partial charge on any atom is -0.497 e. The van der Waals surface area contributed by atoms with Gasteiger partial charge in [-0.15, -0.1) is 11.8 Å². The summed E-state index contributed by atoms with van der Waals surface area (Å²) in [5, 5.41) is 0. The molecule has 0 fully saturated rings. The first kappa shape index (κ1) is 15.8. The van der Waals surface area contributed by atoms with Crippen molar-refractivity contribution in [2.24, 2.45) is 4.99 Å². The van der Waals surface area contributed by atoms with Gasteiger partial charge in [0.15, 0.2) is 12.2 Å². The van der Waals surface area contributed by atoms with Gasteiger partial charge in [0.2, 0.25) is 0 Å². The Hall–Kier alpha value is -2.73. The first-order valence-electron chi connectivity index (χ1n) is 7.74. The van der Waals surface area contributed by atoms with Gasteiger partial charge in [-0.2, -0.15) is 0 Å². The van der Waals surface area contributed by atoms with E-state index in [0.717, 1.165) is 44.7 Å². The molecule has 0 saturated heterocycles. The second-order valence-electron chi connectivity index (χ2n) is 5.46. The van der Waals surface area contributed by atoms with E-state index in [2.05, 4.69) is 4.98 Å². The first-order valence-corrected chi connectivity index (χ1v) is 8.72. The van der Waals surface area contributed by atoms with E-state index in [0.29, 0.717) is 5.76 Å². The quantitative estimate of drug-likeness (QED) is 0.687. The van der Waals surface area contributed by atoms with Crippen molar-refractivity contribution in [1.82, 2.24) is 4.98 Å². The Labute approximate surface area is 149 Å². The molecule has 0 bridgehead atoms. The Morgan fingerprint density at radius 3 is 2.60 bits per heavy atom. The van der Waals surface area contributed by atoms with E-state index in [4.69, 9.17) is 18.9 Å². The zero-order valence-electron chi connectivity index (χ0n) is 13.9. The van der Waals surface area contributed by atoms with E-state index < -0.39 is 0 Å². The molecule has 1 aliphatic heterocycles. The zero-order valence-corrected chi connectivity index (χ0v) is 14.7. The van der Waals surface area contributed by atoms with Gasteiger partial charge in [0, 0.05) is 16.7 Å². The Kier molecular flexibility index (Phi) is 4.19. The number of oxazole rings is 1. The largest absolute Gasteiger partial charge is 0.497 e. The smallest absolute Gasteiger partial charge is 0.181 e. The Balaban J connectivity index is 1.74. The van der Waals surface area contributed by atoms with Crippen LogP contribution in [0.1, 0.15) is 5.56 Å². The number of ether oxygens (including phenoxy) is 2. The zero-order chi connectivity index (χ0) is 17.2. The van der Waals surface area contributed by atoms with E-state index in [1.807, 2.05) is 36.4 Å². The van der Waals surface area contributed by atoms with Crippen molar-refractivity contribution in [3.8, 4) is 22.8 Å². The third-order valence-corrected chi connectivity index (χ3v) is 5.08. The topological polar surface area (TPSA) is 56.9 Å². The maximum Gasteiger partial charge on any atom is 0.181 e. The number of thioether (sulfide) groups is 1. The van der Waals surface area contributed by atoms with E-state index in [-0.39, 0.29) is 0 Å². The molecule has 0 amide bonds. The van der Waals surface area contributed by atoms with Gasteiger partial charge in [0.1, 0.15) is 11.5 Å². The lowest BCUT2D eigenvalue weighted by atomic mass is 10.1. The SMILES string of the molecule is COc1ccc(C2=Nc3cc(OC)c(-c4cnco4)cc3SC2)cc1. The van der Waals surface area contributed by atoms with Crippen LogP contribution in [0.25, 0.3) is 11.3 Å². The highest BCUT2D eigenvalue weighted by molar-refractivity contribution is 8.00. The molecule has 1 aliphatic rings. The number of rotatable bonds is 4. The van der Waals surface area contributed by atoms with Crippen molar-refractivity contribution in [2.75, 3.05) is 20.0 Å². The average Bonchev–Trinajstić information content (AvgIpc) is 3.21. The van der Waals surface area contributed by atoms with Crippen LogP contribution >= 0.6 is 11.8 Å². The summed E-state index contributed by atoms with van der Waals surface area (Å²) < 4.78 is 16.2. The highest BCUT2D eigenvalue weighted by Crippen LogP contribution is 2.43. The van der Waals surface area contributed by atoms with Crippen LogP contribution in [0.4, 0.5) is 5.69 Å². The number of benzene rings is 2. The molecule has 1 aromatic heterocycles. The minimum absolute atomic E-state index is 0.685. The normalized spacial score (nSPS) is 13.1. The Morgan fingerprint density at radius 2 is 1.92 bits per heavy atom. The van der Waals surface area contributed by atoms with Gasteiger partial charge < -0.3 is 13.9 Å². The lowest BCUT2D eigenvalue weighted by Crippen LogP contribution is -2.07. The summed E-state index contributed by atoms with van der Waals surface area (Å²) in [6.07, 6.45) is 3.10. The van der Waals surface area contributed by atoms with Crippen molar-refractivity contribution in [2.45, 2.75) is 4.90 Å². The highest BCUT2D eigenvalue weighted by Gasteiger charge is 2.19. The molecule has 25 heavy (non-hydrogen) atoms. The van der Waals surface area contributed by atoms with E-state index in [1.54, 1.807) is 32.2 Å². The predicted octanol–water partition coefficient (Wildman–Crippen LogP) is 4.59. The molecule has 5 nitrogen and oxygen atoms in total. The molecule has 0 radical (unpaired) electrons. The number of methoxy groups -OCH3 is 2. The highest BCUT2D eigenvalue weighted by atomic mass is 32.2. The lowest BCUT2D eigenvalue weighted by Gasteiger charge is -2.18. The average molecular weight is 352 g/mol. The van der Waals surface area contributed by atoms with Crippen LogP contribution in [0.5, 0.6) is 11.5 Å². The van der Waals surface area contributed by atoms with Gasteiger partial charge in [-0.3, -0.25) is 4.99 Å². The molecule has 0 unspecified atom stereocenters. The standard InChI is InChI=1S/C19H16N2O3S/c1-22-13-5-3-12(4-6-13)16-10-25-19-7-14(18-9-20-11-24-18)17(23-2)8-15(19)21-16/h3-9,11H,10H2,1-2H3. The summed E-state index contributed by atoms with van der Waals surface area (Å²) in [5.74, 6) is 3.05.